The molecule has 0 saturated heterocycles. The highest BCUT2D eigenvalue weighted by Gasteiger charge is 2.21. The van der Waals surface area contributed by atoms with E-state index in [1.54, 1.807) is 19.9 Å². The fourth-order valence-corrected chi connectivity index (χ4v) is 3.23. The molecule has 5 nitrogen and oxygen atoms in total. The predicted molar refractivity (Wildman–Crippen MR) is 108 cm³/mol. The van der Waals surface area contributed by atoms with Gasteiger partial charge in [-0.2, -0.15) is 0 Å². The number of hydrogen-bond acceptors (Lipinski definition) is 5. The van der Waals surface area contributed by atoms with Gasteiger partial charge < -0.3 is 13.9 Å². The SMILES string of the molecule is CCOC(=O)C(C)Oc1cc(C)cc2oc(=O)c(Cc3ccccc3)c(C)c12. The molecule has 2 aromatic carbocycles. The minimum absolute atomic E-state index is 0.288. The number of benzene rings is 2. The lowest BCUT2D eigenvalue weighted by Gasteiger charge is -2.17. The number of rotatable bonds is 6. The van der Waals surface area contributed by atoms with Gasteiger partial charge in [-0.1, -0.05) is 30.3 Å². The Bertz CT molecular complexity index is 1050. The molecule has 28 heavy (non-hydrogen) atoms. The molecule has 5 heteroatoms. The lowest BCUT2D eigenvalue weighted by molar-refractivity contribution is -0.150. The van der Waals surface area contributed by atoms with Gasteiger partial charge in [0, 0.05) is 12.0 Å². The van der Waals surface area contributed by atoms with E-state index in [0.29, 0.717) is 28.7 Å². The van der Waals surface area contributed by atoms with E-state index in [4.69, 9.17) is 13.9 Å². The zero-order chi connectivity index (χ0) is 20.3. The Morgan fingerprint density at radius 3 is 2.54 bits per heavy atom. The van der Waals surface area contributed by atoms with Crippen molar-refractivity contribution in [2.75, 3.05) is 6.61 Å². The molecule has 0 radical (unpaired) electrons. The highest BCUT2D eigenvalue weighted by Crippen LogP contribution is 2.32. The quantitative estimate of drug-likeness (QED) is 0.470. The molecular weight excluding hydrogens is 356 g/mol. The average molecular weight is 380 g/mol. The maximum absolute atomic E-state index is 12.6. The first-order chi connectivity index (χ1) is 13.4. The molecule has 0 spiro atoms. The monoisotopic (exact) mass is 380 g/mol. The second kappa shape index (κ2) is 8.30. The van der Waals surface area contributed by atoms with Crippen LogP contribution in [0.2, 0.25) is 0 Å². The van der Waals surface area contributed by atoms with Crippen LogP contribution >= 0.6 is 0 Å². The van der Waals surface area contributed by atoms with Crippen LogP contribution < -0.4 is 10.4 Å². The Kier molecular flexibility index (Phi) is 5.83. The number of aryl methyl sites for hydroxylation is 2. The van der Waals surface area contributed by atoms with Gasteiger partial charge >= 0.3 is 11.6 Å². The van der Waals surface area contributed by atoms with Gasteiger partial charge in [-0.25, -0.2) is 9.59 Å². The van der Waals surface area contributed by atoms with Crippen molar-refractivity contribution in [2.45, 2.75) is 40.2 Å². The maximum Gasteiger partial charge on any atom is 0.347 e. The fourth-order valence-electron chi connectivity index (χ4n) is 3.23. The minimum Gasteiger partial charge on any atom is -0.478 e. The summed E-state index contributed by atoms with van der Waals surface area (Å²) in [6, 6.07) is 13.4. The van der Waals surface area contributed by atoms with E-state index in [9.17, 15) is 9.59 Å². The second-order valence-corrected chi connectivity index (χ2v) is 6.80. The number of carbonyl (C=O) groups excluding carboxylic acids is 1. The highest BCUT2D eigenvalue weighted by atomic mass is 16.6. The molecule has 1 aromatic heterocycles. The second-order valence-electron chi connectivity index (χ2n) is 6.80. The van der Waals surface area contributed by atoms with E-state index in [0.717, 1.165) is 16.7 Å². The number of carbonyl (C=O) groups is 1. The molecule has 1 heterocycles. The summed E-state index contributed by atoms with van der Waals surface area (Å²) >= 11 is 0. The van der Waals surface area contributed by atoms with Crippen molar-refractivity contribution in [1.29, 1.82) is 0 Å². The maximum atomic E-state index is 12.6. The first-order valence-corrected chi connectivity index (χ1v) is 9.34. The summed E-state index contributed by atoms with van der Waals surface area (Å²) in [5.41, 5.74) is 3.36. The standard InChI is InChI=1S/C23H24O5/c1-5-26-22(24)16(4)27-19-11-14(2)12-20-21(19)15(3)18(23(25)28-20)13-17-9-7-6-8-10-17/h6-12,16H,5,13H2,1-4H3. The first-order valence-electron chi connectivity index (χ1n) is 9.34. The van der Waals surface area contributed by atoms with Gasteiger partial charge in [-0.15, -0.1) is 0 Å². The summed E-state index contributed by atoms with van der Waals surface area (Å²) in [6.45, 7) is 7.45. The van der Waals surface area contributed by atoms with Crippen molar-refractivity contribution in [3.8, 4) is 5.75 Å². The molecule has 0 saturated carbocycles. The zero-order valence-corrected chi connectivity index (χ0v) is 16.6. The molecule has 0 aliphatic carbocycles. The third-order valence-corrected chi connectivity index (χ3v) is 4.63. The Labute approximate surface area is 163 Å². The van der Waals surface area contributed by atoms with Crippen molar-refractivity contribution in [3.05, 3.63) is 75.1 Å². The van der Waals surface area contributed by atoms with E-state index in [2.05, 4.69) is 0 Å². The van der Waals surface area contributed by atoms with Gasteiger partial charge in [0.2, 0.25) is 0 Å². The van der Waals surface area contributed by atoms with Crippen molar-refractivity contribution >= 4 is 16.9 Å². The molecule has 0 bridgehead atoms. The summed E-state index contributed by atoms with van der Waals surface area (Å²) in [5, 5.41) is 0.701. The lowest BCUT2D eigenvalue weighted by Crippen LogP contribution is -2.26. The van der Waals surface area contributed by atoms with Gasteiger partial charge in [0.05, 0.1) is 12.0 Å². The van der Waals surface area contributed by atoms with Gasteiger partial charge in [0.25, 0.3) is 0 Å². The van der Waals surface area contributed by atoms with Crippen LogP contribution in [0.5, 0.6) is 5.75 Å². The van der Waals surface area contributed by atoms with Crippen LogP contribution in [0.3, 0.4) is 0 Å². The van der Waals surface area contributed by atoms with E-state index < -0.39 is 12.1 Å². The third kappa shape index (κ3) is 4.09. The number of fused-ring (bicyclic) bond motifs is 1. The smallest absolute Gasteiger partial charge is 0.347 e. The highest BCUT2D eigenvalue weighted by molar-refractivity contribution is 5.89. The van der Waals surface area contributed by atoms with Gasteiger partial charge in [-0.3, -0.25) is 0 Å². The van der Waals surface area contributed by atoms with Crippen LogP contribution in [0.25, 0.3) is 11.0 Å². The van der Waals surface area contributed by atoms with Crippen LogP contribution in [0, 0.1) is 13.8 Å². The van der Waals surface area contributed by atoms with Crippen molar-refractivity contribution in [1.82, 2.24) is 0 Å². The van der Waals surface area contributed by atoms with E-state index in [1.807, 2.05) is 50.2 Å². The third-order valence-electron chi connectivity index (χ3n) is 4.63. The Morgan fingerprint density at radius 1 is 1.14 bits per heavy atom. The number of ether oxygens (including phenoxy) is 2. The van der Waals surface area contributed by atoms with Crippen molar-refractivity contribution in [2.24, 2.45) is 0 Å². The molecule has 146 valence electrons. The number of hydrogen-bond donors (Lipinski definition) is 0. The summed E-state index contributed by atoms with van der Waals surface area (Å²) in [5.74, 6) is 0.0721. The summed E-state index contributed by atoms with van der Waals surface area (Å²) in [4.78, 5) is 24.6. The van der Waals surface area contributed by atoms with Crippen LogP contribution in [-0.2, 0) is 16.0 Å². The summed E-state index contributed by atoms with van der Waals surface area (Å²) < 4.78 is 16.6. The van der Waals surface area contributed by atoms with Crippen LogP contribution in [0.4, 0.5) is 0 Å². The van der Waals surface area contributed by atoms with Gasteiger partial charge in [0.1, 0.15) is 11.3 Å². The zero-order valence-electron chi connectivity index (χ0n) is 16.6. The average Bonchev–Trinajstić information content (AvgIpc) is 2.65. The number of esters is 1. The molecule has 0 aliphatic heterocycles. The van der Waals surface area contributed by atoms with Crippen LogP contribution in [-0.4, -0.2) is 18.7 Å². The van der Waals surface area contributed by atoms with E-state index >= 15 is 0 Å². The molecule has 1 unspecified atom stereocenters. The normalized spacial score (nSPS) is 12.0. The van der Waals surface area contributed by atoms with E-state index in [-0.39, 0.29) is 12.2 Å². The largest absolute Gasteiger partial charge is 0.478 e. The first kappa shape index (κ1) is 19.7. The molecule has 0 amide bonds. The molecule has 1 atom stereocenters. The Morgan fingerprint density at radius 2 is 1.86 bits per heavy atom. The molecule has 0 N–H and O–H groups in total. The predicted octanol–water partition coefficient (Wildman–Crippen LogP) is 4.33. The van der Waals surface area contributed by atoms with E-state index in [1.165, 1.54) is 0 Å². The van der Waals surface area contributed by atoms with Gasteiger partial charge in [-0.05, 0) is 56.5 Å². The molecule has 3 rings (SSSR count). The Hall–Kier alpha value is -3.08. The summed E-state index contributed by atoms with van der Waals surface area (Å²) in [7, 11) is 0. The molecule has 0 fully saturated rings. The Balaban J connectivity index is 2.10. The van der Waals surface area contributed by atoms with Gasteiger partial charge in [0.15, 0.2) is 6.10 Å². The summed E-state index contributed by atoms with van der Waals surface area (Å²) in [6.07, 6.45) is -0.306. The lowest BCUT2D eigenvalue weighted by atomic mass is 9.98. The van der Waals surface area contributed by atoms with Crippen molar-refractivity contribution in [3.63, 3.8) is 0 Å². The fraction of sp³-hybridized carbons (Fsp3) is 0.304. The minimum atomic E-state index is -0.770. The topological polar surface area (TPSA) is 65.7 Å². The van der Waals surface area contributed by atoms with Crippen LogP contribution in [0.1, 0.15) is 36.1 Å². The van der Waals surface area contributed by atoms with Crippen LogP contribution in [0.15, 0.2) is 51.7 Å². The molecule has 0 aliphatic rings. The molecular formula is C23H24O5. The molecule has 3 aromatic rings. The van der Waals surface area contributed by atoms with Crippen molar-refractivity contribution < 1.29 is 18.7 Å².